The number of aryl methyl sites for hydroxylation is 2. The monoisotopic (exact) mass is 331 g/mol. The van der Waals surface area contributed by atoms with Crippen LogP contribution in [0.3, 0.4) is 0 Å². The van der Waals surface area contributed by atoms with Crippen molar-refractivity contribution < 1.29 is 8.42 Å². The molecule has 4 heteroatoms. The van der Waals surface area contributed by atoms with Gasteiger partial charge >= 0.3 is 0 Å². The molecular formula is C19H25NO2S. The minimum absolute atomic E-state index is 0.457. The van der Waals surface area contributed by atoms with Gasteiger partial charge in [0, 0.05) is 13.1 Å². The zero-order valence-electron chi connectivity index (χ0n) is 13.9. The van der Waals surface area contributed by atoms with Crippen LogP contribution in [-0.4, -0.2) is 25.8 Å². The van der Waals surface area contributed by atoms with Crippen molar-refractivity contribution in [3.63, 3.8) is 0 Å². The molecule has 1 saturated heterocycles. The standard InChI is InChI=1S/C19H25NO2S/c1-15-8-9-19(16(2)14-15)23(21,22)20-12-10-18(11-13-20)17-6-4-3-5-7-17/h4-9,14,17-18H,3,10-13H2,1-2H3. The number of nitrogens with zero attached hydrogens (tertiary/aromatic N) is 1. The zero-order chi connectivity index (χ0) is 16.4. The topological polar surface area (TPSA) is 37.4 Å². The Morgan fingerprint density at radius 2 is 1.70 bits per heavy atom. The van der Waals surface area contributed by atoms with Crippen LogP contribution in [0.5, 0.6) is 0 Å². The second-order valence-electron chi connectivity index (χ2n) is 6.68. The third kappa shape index (κ3) is 3.43. The second-order valence-corrected chi connectivity index (χ2v) is 8.59. The molecule has 1 aromatic rings. The highest BCUT2D eigenvalue weighted by Gasteiger charge is 2.32. The first kappa shape index (κ1) is 16.5. The molecule has 0 atom stereocenters. The van der Waals surface area contributed by atoms with E-state index in [0.717, 1.165) is 30.4 Å². The van der Waals surface area contributed by atoms with E-state index >= 15 is 0 Å². The van der Waals surface area contributed by atoms with E-state index in [1.165, 1.54) is 0 Å². The number of hydrogen-bond donors (Lipinski definition) is 0. The normalized spacial score (nSPS) is 21.0. The van der Waals surface area contributed by atoms with Crippen molar-refractivity contribution in [2.24, 2.45) is 11.8 Å². The molecule has 1 aliphatic heterocycles. The van der Waals surface area contributed by atoms with E-state index in [0.29, 0.717) is 29.8 Å². The molecule has 0 N–H and O–H groups in total. The van der Waals surface area contributed by atoms with Gasteiger partial charge in [-0.25, -0.2) is 8.42 Å². The summed E-state index contributed by atoms with van der Waals surface area (Å²) in [6, 6.07) is 5.57. The molecule has 0 unspecified atom stereocenters. The Labute approximate surface area is 139 Å². The van der Waals surface area contributed by atoms with E-state index in [2.05, 4.69) is 24.3 Å². The van der Waals surface area contributed by atoms with Crippen molar-refractivity contribution in [2.75, 3.05) is 13.1 Å². The molecule has 124 valence electrons. The van der Waals surface area contributed by atoms with Gasteiger partial charge in [0.2, 0.25) is 10.0 Å². The fourth-order valence-electron chi connectivity index (χ4n) is 3.66. The van der Waals surface area contributed by atoms with Gasteiger partial charge in [0.15, 0.2) is 0 Å². The second kappa shape index (κ2) is 6.62. The molecule has 0 amide bonds. The average molecular weight is 331 g/mol. The van der Waals surface area contributed by atoms with Crippen LogP contribution in [0.25, 0.3) is 0 Å². The fraction of sp³-hybridized carbons (Fsp3) is 0.474. The van der Waals surface area contributed by atoms with Crippen molar-refractivity contribution in [2.45, 2.75) is 38.0 Å². The summed E-state index contributed by atoms with van der Waals surface area (Å²) in [7, 11) is -3.37. The largest absolute Gasteiger partial charge is 0.243 e. The number of piperidine rings is 1. The molecule has 3 nitrogen and oxygen atoms in total. The van der Waals surface area contributed by atoms with Gasteiger partial charge in [-0.05, 0) is 56.6 Å². The van der Waals surface area contributed by atoms with E-state index in [1.54, 1.807) is 10.4 Å². The van der Waals surface area contributed by atoms with Crippen LogP contribution in [0.1, 0.15) is 30.4 Å². The van der Waals surface area contributed by atoms with E-state index in [-0.39, 0.29) is 0 Å². The van der Waals surface area contributed by atoms with Gasteiger partial charge in [0.1, 0.15) is 0 Å². The number of allylic oxidation sites excluding steroid dienone is 4. The van der Waals surface area contributed by atoms with Gasteiger partial charge in [-0.15, -0.1) is 0 Å². The molecule has 0 radical (unpaired) electrons. The highest BCUT2D eigenvalue weighted by molar-refractivity contribution is 7.89. The lowest BCUT2D eigenvalue weighted by molar-refractivity contribution is 0.249. The quantitative estimate of drug-likeness (QED) is 0.789. The van der Waals surface area contributed by atoms with Crippen LogP contribution in [0.2, 0.25) is 0 Å². The van der Waals surface area contributed by atoms with Crippen molar-refractivity contribution >= 4 is 10.0 Å². The van der Waals surface area contributed by atoms with Crippen LogP contribution in [-0.2, 0) is 10.0 Å². The number of hydrogen-bond acceptors (Lipinski definition) is 2. The molecule has 0 aromatic heterocycles. The third-order valence-electron chi connectivity index (χ3n) is 4.98. The third-order valence-corrected chi connectivity index (χ3v) is 7.04. The summed E-state index contributed by atoms with van der Waals surface area (Å²) in [5.41, 5.74) is 1.93. The van der Waals surface area contributed by atoms with E-state index < -0.39 is 10.0 Å². The summed E-state index contributed by atoms with van der Waals surface area (Å²) in [6.07, 6.45) is 11.9. The number of sulfonamides is 1. The van der Waals surface area contributed by atoms with Crippen molar-refractivity contribution in [3.05, 3.63) is 53.6 Å². The Hall–Kier alpha value is -1.39. The molecule has 1 aromatic carbocycles. The fourth-order valence-corrected chi connectivity index (χ4v) is 5.33. The van der Waals surface area contributed by atoms with Crippen molar-refractivity contribution in [3.8, 4) is 0 Å². The molecule has 3 rings (SSSR count). The summed E-state index contributed by atoms with van der Waals surface area (Å²) < 4.78 is 27.5. The molecule has 23 heavy (non-hydrogen) atoms. The lowest BCUT2D eigenvalue weighted by Crippen LogP contribution is -2.40. The Balaban J connectivity index is 1.72. The highest BCUT2D eigenvalue weighted by Crippen LogP contribution is 2.32. The summed E-state index contributed by atoms with van der Waals surface area (Å²) in [4.78, 5) is 0.457. The van der Waals surface area contributed by atoms with E-state index in [9.17, 15) is 8.42 Å². The van der Waals surface area contributed by atoms with Gasteiger partial charge in [-0.2, -0.15) is 4.31 Å². The minimum atomic E-state index is -3.37. The average Bonchev–Trinajstić information content (AvgIpc) is 2.55. The van der Waals surface area contributed by atoms with E-state index in [1.807, 2.05) is 26.0 Å². The Kier molecular flexibility index (Phi) is 4.74. The molecular weight excluding hydrogens is 306 g/mol. The molecule has 2 aliphatic rings. The predicted octanol–water partition coefficient (Wildman–Crippen LogP) is 3.84. The first-order valence-corrected chi connectivity index (χ1v) is 9.83. The van der Waals surface area contributed by atoms with Gasteiger partial charge in [0.05, 0.1) is 4.90 Å². The first-order chi connectivity index (χ1) is 11.0. The first-order valence-electron chi connectivity index (χ1n) is 8.39. The molecule has 1 heterocycles. The highest BCUT2D eigenvalue weighted by atomic mass is 32.2. The SMILES string of the molecule is Cc1ccc(S(=O)(=O)N2CCC(C3C=CCC=C3)CC2)c(C)c1. The number of benzene rings is 1. The summed E-state index contributed by atoms with van der Waals surface area (Å²) in [6.45, 7) is 5.11. The summed E-state index contributed by atoms with van der Waals surface area (Å²) in [5.74, 6) is 1.04. The molecule has 0 saturated carbocycles. The van der Waals surface area contributed by atoms with Crippen LogP contribution < -0.4 is 0 Å². The van der Waals surface area contributed by atoms with Crippen LogP contribution >= 0.6 is 0 Å². The number of rotatable bonds is 3. The smallest absolute Gasteiger partial charge is 0.207 e. The Morgan fingerprint density at radius 3 is 2.30 bits per heavy atom. The minimum Gasteiger partial charge on any atom is -0.207 e. The summed E-state index contributed by atoms with van der Waals surface area (Å²) >= 11 is 0. The van der Waals surface area contributed by atoms with Crippen LogP contribution in [0.4, 0.5) is 0 Å². The van der Waals surface area contributed by atoms with Gasteiger partial charge < -0.3 is 0 Å². The maximum absolute atomic E-state index is 12.9. The Morgan fingerprint density at radius 1 is 1.04 bits per heavy atom. The molecule has 0 spiro atoms. The predicted molar refractivity (Wildman–Crippen MR) is 93.8 cm³/mol. The van der Waals surface area contributed by atoms with Gasteiger partial charge in [-0.1, -0.05) is 42.0 Å². The lowest BCUT2D eigenvalue weighted by atomic mass is 9.83. The van der Waals surface area contributed by atoms with Gasteiger partial charge in [0.25, 0.3) is 0 Å². The van der Waals surface area contributed by atoms with Crippen LogP contribution in [0, 0.1) is 25.7 Å². The molecule has 1 fully saturated rings. The summed E-state index contributed by atoms with van der Waals surface area (Å²) in [5, 5.41) is 0. The maximum atomic E-state index is 12.9. The van der Waals surface area contributed by atoms with E-state index in [4.69, 9.17) is 0 Å². The van der Waals surface area contributed by atoms with Crippen LogP contribution in [0.15, 0.2) is 47.4 Å². The van der Waals surface area contributed by atoms with Gasteiger partial charge in [-0.3, -0.25) is 0 Å². The van der Waals surface area contributed by atoms with Crippen molar-refractivity contribution in [1.82, 2.24) is 4.31 Å². The Bertz CT molecular complexity index is 714. The van der Waals surface area contributed by atoms with Crippen molar-refractivity contribution in [1.29, 1.82) is 0 Å². The molecule has 0 bridgehead atoms. The zero-order valence-corrected chi connectivity index (χ0v) is 14.7. The lowest BCUT2D eigenvalue weighted by Gasteiger charge is -2.34. The molecule has 1 aliphatic carbocycles. The maximum Gasteiger partial charge on any atom is 0.243 e.